The van der Waals surface area contributed by atoms with E-state index in [0.29, 0.717) is 24.4 Å². The van der Waals surface area contributed by atoms with Crippen LogP contribution in [0.15, 0.2) is 48.1 Å². The minimum atomic E-state index is 0.414. The second kappa shape index (κ2) is 8.15. The first-order valence-corrected chi connectivity index (χ1v) is 7.78. The first-order chi connectivity index (χ1) is 11.5. The van der Waals surface area contributed by atoms with Crippen molar-refractivity contribution in [2.45, 2.75) is 27.2 Å². The van der Waals surface area contributed by atoms with E-state index in [-0.39, 0.29) is 0 Å². The van der Waals surface area contributed by atoms with Crippen molar-refractivity contribution in [3.63, 3.8) is 0 Å². The average molecular weight is 322 g/mol. The van der Waals surface area contributed by atoms with Gasteiger partial charge in [-0.25, -0.2) is 4.98 Å². The summed E-state index contributed by atoms with van der Waals surface area (Å²) in [4.78, 5) is 14.2. The molecule has 0 aliphatic rings. The molecule has 0 unspecified atom stereocenters. The summed E-state index contributed by atoms with van der Waals surface area (Å²) in [6.45, 7) is 9.98. The molecule has 0 aliphatic heterocycles. The monoisotopic (exact) mass is 322 g/mol. The first kappa shape index (κ1) is 17.5. The van der Waals surface area contributed by atoms with Crippen LogP contribution in [-0.2, 0) is 4.84 Å². The molecule has 0 aromatic carbocycles. The minimum absolute atomic E-state index is 0.414. The number of aromatic nitrogens is 2. The van der Waals surface area contributed by atoms with Crippen LogP contribution < -0.4 is 0 Å². The molecule has 0 saturated carbocycles. The molecular weight excluding hydrogens is 300 g/mol. The molecule has 2 heterocycles. The molecule has 1 N–H and O–H groups in total. The molecule has 0 radical (unpaired) electrons. The lowest BCUT2D eigenvalue weighted by molar-refractivity contribution is 0.150. The molecule has 5 nitrogen and oxygen atoms in total. The summed E-state index contributed by atoms with van der Waals surface area (Å²) < 4.78 is 0. The predicted molar refractivity (Wildman–Crippen MR) is 97.5 cm³/mol. The van der Waals surface area contributed by atoms with Gasteiger partial charge in [0.15, 0.2) is 0 Å². The lowest BCUT2D eigenvalue weighted by Crippen LogP contribution is -2.02. The molecule has 2 rings (SSSR count). The molecule has 0 bridgehead atoms. The lowest BCUT2D eigenvalue weighted by Gasteiger charge is -2.07. The third kappa shape index (κ3) is 4.84. The molecule has 0 saturated heterocycles. The fraction of sp³-hybridized carbons (Fsp3) is 0.263. The van der Waals surface area contributed by atoms with Crippen LogP contribution in [0, 0.1) is 12.3 Å². The number of nitrogens with one attached hydrogen (secondary N) is 1. The molecule has 124 valence electrons. The molecule has 24 heavy (non-hydrogen) atoms. The zero-order chi connectivity index (χ0) is 17.5. The van der Waals surface area contributed by atoms with Crippen LogP contribution in [0.1, 0.15) is 43.0 Å². The van der Waals surface area contributed by atoms with E-state index in [1.165, 1.54) is 0 Å². The Bertz CT molecular complexity index is 780. The van der Waals surface area contributed by atoms with E-state index in [9.17, 15) is 0 Å². The Morgan fingerprint density at radius 2 is 1.75 bits per heavy atom. The van der Waals surface area contributed by atoms with Crippen molar-refractivity contribution in [1.29, 1.82) is 5.41 Å². The van der Waals surface area contributed by atoms with Gasteiger partial charge in [0.05, 0.1) is 22.8 Å². The van der Waals surface area contributed by atoms with Crippen molar-refractivity contribution >= 4 is 17.0 Å². The maximum Gasteiger partial charge on any atom is 0.121 e. The van der Waals surface area contributed by atoms with Crippen LogP contribution in [0.25, 0.3) is 5.57 Å². The second-order valence-corrected chi connectivity index (χ2v) is 5.56. The van der Waals surface area contributed by atoms with Crippen molar-refractivity contribution in [3.8, 4) is 0 Å². The van der Waals surface area contributed by atoms with Gasteiger partial charge < -0.3 is 10.2 Å². The zero-order valence-corrected chi connectivity index (χ0v) is 14.3. The van der Waals surface area contributed by atoms with Gasteiger partial charge in [-0.1, -0.05) is 23.9 Å². The van der Waals surface area contributed by atoms with Gasteiger partial charge in [0, 0.05) is 12.1 Å². The van der Waals surface area contributed by atoms with Crippen molar-refractivity contribution in [3.05, 3.63) is 65.8 Å². The van der Waals surface area contributed by atoms with Gasteiger partial charge in [0.2, 0.25) is 0 Å². The van der Waals surface area contributed by atoms with Crippen molar-refractivity contribution in [2.24, 2.45) is 5.16 Å². The maximum absolute atomic E-state index is 7.64. The van der Waals surface area contributed by atoms with Gasteiger partial charge in [-0.15, -0.1) is 0 Å². The van der Waals surface area contributed by atoms with Crippen LogP contribution in [0.3, 0.4) is 0 Å². The van der Waals surface area contributed by atoms with E-state index < -0.39 is 0 Å². The highest BCUT2D eigenvalue weighted by Crippen LogP contribution is 2.14. The first-order valence-electron chi connectivity index (χ1n) is 7.78. The van der Waals surface area contributed by atoms with Crippen LogP contribution in [0.5, 0.6) is 0 Å². The molecule has 0 spiro atoms. The van der Waals surface area contributed by atoms with Gasteiger partial charge in [0.1, 0.15) is 12.3 Å². The molecule has 0 aliphatic carbocycles. The van der Waals surface area contributed by atoms with E-state index in [4.69, 9.17) is 10.2 Å². The number of rotatable bonds is 7. The third-order valence-corrected chi connectivity index (χ3v) is 3.45. The summed E-state index contributed by atoms with van der Waals surface area (Å²) in [6.07, 6.45) is 0.617. The smallest absolute Gasteiger partial charge is 0.121 e. The molecular formula is C19H22N4O. The number of aryl methyl sites for hydroxylation is 1. The van der Waals surface area contributed by atoms with Gasteiger partial charge >= 0.3 is 0 Å². The summed E-state index contributed by atoms with van der Waals surface area (Å²) in [5.74, 6) is 0. The second-order valence-electron chi connectivity index (χ2n) is 5.56. The normalized spacial score (nSPS) is 11.2. The quantitative estimate of drug-likeness (QED) is 0.475. The molecule has 0 fully saturated rings. The van der Waals surface area contributed by atoms with Crippen LogP contribution >= 0.6 is 0 Å². The van der Waals surface area contributed by atoms with Crippen molar-refractivity contribution in [1.82, 2.24) is 9.97 Å². The molecule has 2 aromatic heterocycles. The number of hydrogen-bond donors (Lipinski definition) is 1. The van der Waals surface area contributed by atoms with Gasteiger partial charge in [0.25, 0.3) is 0 Å². The Morgan fingerprint density at radius 1 is 1.08 bits per heavy atom. The number of pyridine rings is 2. The Morgan fingerprint density at radius 3 is 2.46 bits per heavy atom. The SMILES string of the molecule is C=C(CCO/N=C(\C)c1cccc(C)n1)c1cccc(C(C)=N)n1. The minimum Gasteiger partial charge on any atom is -0.395 e. The third-order valence-electron chi connectivity index (χ3n) is 3.45. The molecule has 0 atom stereocenters. The predicted octanol–water partition coefficient (Wildman–Crippen LogP) is 4.02. The standard InChI is InChI=1S/C19H22N4O/c1-13(17-8-6-9-18(22-17)15(3)20)11-12-24-23-16(4)19-10-5-7-14(2)21-19/h5-10,20H,1,11-12H2,2-4H3/b20-15?,23-16+. The summed E-state index contributed by atoms with van der Waals surface area (Å²) >= 11 is 0. The van der Waals surface area contributed by atoms with Crippen LogP contribution in [-0.4, -0.2) is 28.0 Å². The van der Waals surface area contributed by atoms with Crippen molar-refractivity contribution < 1.29 is 4.84 Å². The van der Waals surface area contributed by atoms with E-state index in [0.717, 1.165) is 28.4 Å². The average Bonchev–Trinajstić information content (AvgIpc) is 2.58. The lowest BCUT2D eigenvalue weighted by atomic mass is 10.1. The van der Waals surface area contributed by atoms with E-state index in [1.807, 2.05) is 50.2 Å². The fourth-order valence-electron chi connectivity index (χ4n) is 2.07. The molecule has 0 amide bonds. The van der Waals surface area contributed by atoms with Gasteiger partial charge in [-0.3, -0.25) is 4.98 Å². The van der Waals surface area contributed by atoms with Gasteiger partial charge in [-0.2, -0.15) is 0 Å². The van der Waals surface area contributed by atoms with E-state index >= 15 is 0 Å². The summed E-state index contributed by atoms with van der Waals surface area (Å²) in [5.41, 5.74) is 5.24. The Hall–Kier alpha value is -2.82. The van der Waals surface area contributed by atoms with Gasteiger partial charge in [-0.05, 0) is 50.6 Å². The number of oxime groups is 1. The van der Waals surface area contributed by atoms with E-state index in [2.05, 4.69) is 21.7 Å². The highest BCUT2D eigenvalue weighted by atomic mass is 16.6. The van der Waals surface area contributed by atoms with Crippen LogP contribution in [0.4, 0.5) is 0 Å². The maximum atomic E-state index is 7.64. The number of nitrogens with zero attached hydrogens (tertiary/aromatic N) is 3. The summed E-state index contributed by atoms with van der Waals surface area (Å²) in [5, 5.41) is 11.7. The molecule has 2 aromatic rings. The van der Waals surface area contributed by atoms with Crippen molar-refractivity contribution in [2.75, 3.05) is 6.61 Å². The number of hydrogen-bond acceptors (Lipinski definition) is 5. The summed E-state index contributed by atoms with van der Waals surface area (Å²) in [7, 11) is 0. The fourth-order valence-corrected chi connectivity index (χ4v) is 2.07. The summed E-state index contributed by atoms with van der Waals surface area (Å²) in [6, 6.07) is 11.4. The van der Waals surface area contributed by atoms with Crippen LogP contribution in [0.2, 0.25) is 0 Å². The zero-order valence-electron chi connectivity index (χ0n) is 14.3. The highest BCUT2D eigenvalue weighted by molar-refractivity contribution is 5.96. The topological polar surface area (TPSA) is 71.2 Å². The highest BCUT2D eigenvalue weighted by Gasteiger charge is 2.04. The largest absolute Gasteiger partial charge is 0.395 e. The Labute approximate surface area is 142 Å². The Balaban J connectivity index is 1.90. The van der Waals surface area contributed by atoms with E-state index in [1.54, 1.807) is 6.92 Å². The Kier molecular flexibility index (Phi) is 5.95. The molecule has 5 heteroatoms.